The van der Waals surface area contributed by atoms with Crippen molar-refractivity contribution in [2.24, 2.45) is 0 Å². The second-order valence-electron chi connectivity index (χ2n) is 2.26. The molecule has 7 heteroatoms. The molecule has 0 fully saturated rings. The van der Waals surface area contributed by atoms with Crippen molar-refractivity contribution in [3.05, 3.63) is 29.0 Å². The normalized spacial score (nSPS) is 11.0. The minimum absolute atomic E-state index is 0.334. The summed E-state index contributed by atoms with van der Waals surface area (Å²) in [6.07, 6.45) is 0.955. The molecule has 0 spiro atoms. The molecular weight excluding hydrogens is 233 g/mol. The van der Waals surface area contributed by atoms with E-state index in [2.05, 4.69) is 0 Å². The smallest absolute Gasteiger partial charge is 0.262 e. The van der Waals surface area contributed by atoms with Crippen LogP contribution in [-0.4, -0.2) is 14.8 Å². The molecule has 0 aliphatic carbocycles. The van der Waals surface area contributed by atoms with Crippen molar-refractivity contribution in [1.29, 1.82) is 0 Å². The van der Waals surface area contributed by atoms with Crippen LogP contribution >= 0.6 is 11.6 Å². The number of hydrogen-bond donors (Lipinski definition) is 1. The lowest BCUT2D eigenvalue weighted by molar-refractivity contribution is 0.543. The van der Waals surface area contributed by atoms with E-state index < -0.39 is 20.7 Å². The number of rotatable bonds is 3. The summed E-state index contributed by atoms with van der Waals surface area (Å²) in [6.45, 7) is 0. The molecule has 0 saturated carbocycles. The fraction of sp³-hybridized carbons (Fsp3) is 0. The average molecular weight is 237 g/mol. The van der Waals surface area contributed by atoms with E-state index in [0.717, 1.165) is 12.5 Å². The van der Waals surface area contributed by atoms with E-state index in [9.17, 15) is 17.6 Å². The number of benzene rings is 1. The molecule has 0 saturated heterocycles. The molecule has 1 aromatic carbocycles. The molecule has 0 unspecified atom stereocenters. The Morgan fingerprint density at radius 3 is 2.64 bits per heavy atom. The Kier molecular flexibility index (Phi) is 3.07. The molecule has 0 aliphatic rings. The molecule has 0 bridgehead atoms. The van der Waals surface area contributed by atoms with Gasteiger partial charge in [0.1, 0.15) is 4.90 Å². The van der Waals surface area contributed by atoms with Crippen LogP contribution in [0.1, 0.15) is 0 Å². The maximum Gasteiger partial charge on any atom is 0.324 e. The lowest BCUT2D eigenvalue weighted by Crippen LogP contribution is -2.22. The Morgan fingerprint density at radius 2 is 2.07 bits per heavy atom. The molecule has 75 valence electrons. The van der Waals surface area contributed by atoms with Crippen LogP contribution in [0.15, 0.2) is 23.1 Å². The van der Waals surface area contributed by atoms with E-state index in [1.165, 1.54) is 16.9 Å². The third-order valence-electron chi connectivity index (χ3n) is 1.38. The highest BCUT2D eigenvalue weighted by molar-refractivity contribution is 7.90. The van der Waals surface area contributed by atoms with Gasteiger partial charge >= 0.3 is 6.41 Å². The van der Waals surface area contributed by atoms with Crippen molar-refractivity contribution in [3.63, 3.8) is 0 Å². The van der Waals surface area contributed by atoms with Crippen molar-refractivity contribution in [3.8, 4) is 0 Å². The monoisotopic (exact) mass is 236 g/mol. The van der Waals surface area contributed by atoms with Crippen molar-refractivity contribution in [2.45, 2.75) is 4.90 Å². The fourth-order valence-corrected chi connectivity index (χ4v) is 1.86. The van der Waals surface area contributed by atoms with Gasteiger partial charge in [-0.3, -0.25) is 4.79 Å². The van der Waals surface area contributed by atoms with Gasteiger partial charge in [-0.1, -0.05) is 17.7 Å². The number of nitrogens with one attached hydrogen (secondary N) is 1. The van der Waals surface area contributed by atoms with Gasteiger partial charge in [0.2, 0.25) is 0 Å². The second kappa shape index (κ2) is 3.93. The predicted molar refractivity (Wildman–Crippen MR) is 47.4 cm³/mol. The van der Waals surface area contributed by atoms with E-state index in [1.807, 2.05) is 0 Å². The van der Waals surface area contributed by atoms with Crippen molar-refractivity contribution < 1.29 is 17.6 Å². The van der Waals surface area contributed by atoms with Gasteiger partial charge in [-0.25, -0.2) is 17.5 Å². The Bertz CT molecular complexity index is 460. The first-order chi connectivity index (χ1) is 6.49. The van der Waals surface area contributed by atoms with E-state index in [4.69, 9.17) is 11.6 Å². The zero-order valence-corrected chi connectivity index (χ0v) is 8.19. The van der Waals surface area contributed by atoms with Crippen LogP contribution in [0.3, 0.4) is 0 Å². The molecule has 4 nitrogen and oxygen atoms in total. The van der Waals surface area contributed by atoms with Crippen LogP contribution in [-0.2, 0) is 14.8 Å². The number of sulfonamides is 1. The molecule has 0 atom stereocenters. The summed E-state index contributed by atoms with van der Waals surface area (Å²) in [4.78, 5) is 9.13. The van der Waals surface area contributed by atoms with Gasteiger partial charge in [-0.15, -0.1) is 0 Å². The quantitative estimate of drug-likeness (QED) is 0.791. The SMILES string of the molecule is O=[C]NS(=O)(=O)c1cccc(Cl)c1F. The van der Waals surface area contributed by atoms with E-state index in [-0.39, 0.29) is 5.02 Å². The van der Waals surface area contributed by atoms with E-state index >= 15 is 0 Å². The summed E-state index contributed by atoms with van der Waals surface area (Å²) < 4.78 is 36.8. The molecule has 1 rings (SSSR count). The predicted octanol–water partition coefficient (Wildman–Crippen LogP) is 0.825. The number of hydrogen-bond acceptors (Lipinski definition) is 3. The maximum absolute atomic E-state index is 13.1. The number of amides is 1. The Labute approximate surface area is 84.7 Å². The van der Waals surface area contributed by atoms with E-state index in [0.29, 0.717) is 0 Å². The van der Waals surface area contributed by atoms with Gasteiger partial charge in [-0.05, 0) is 12.1 Å². The van der Waals surface area contributed by atoms with Crippen LogP contribution < -0.4 is 4.72 Å². The summed E-state index contributed by atoms with van der Waals surface area (Å²) >= 11 is 5.35. The lowest BCUT2D eigenvalue weighted by atomic mass is 10.3. The highest BCUT2D eigenvalue weighted by Gasteiger charge is 2.19. The van der Waals surface area contributed by atoms with Crippen molar-refractivity contribution >= 4 is 28.0 Å². The Balaban J connectivity index is 3.33. The number of halogens is 2. The summed E-state index contributed by atoms with van der Waals surface area (Å²) in [5.41, 5.74) is 0. The summed E-state index contributed by atoms with van der Waals surface area (Å²) in [5, 5.41) is -0.334. The largest absolute Gasteiger partial charge is 0.324 e. The molecule has 1 radical (unpaired) electrons. The molecule has 1 N–H and O–H groups in total. The highest BCUT2D eigenvalue weighted by atomic mass is 35.5. The van der Waals surface area contributed by atoms with Crippen molar-refractivity contribution in [1.82, 2.24) is 4.72 Å². The maximum atomic E-state index is 13.1. The molecule has 14 heavy (non-hydrogen) atoms. The average Bonchev–Trinajstić information content (AvgIpc) is 2.09. The highest BCUT2D eigenvalue weighted by Crippen LogP contribution is 2.21. The zero-order valence-electron chi connectivity index (χ0n) is 6.62. The third-order valence-corrected chi connectivity index (χ3v) is 2.92. The standard InChI is InChI=1S/C7H4ClFNO3S/c8-5-2-1-3-6(7(5)9)14(12,13)10-4-11/h1-3H,(H,10,11). The van der Waals surface area contributed by atoms with Crippen LogP contribution in [0, 0.1) is 5.82 Å². The van der Waals surface area contributed by atoms with Crippen LogP contribution in [0.5, 0.6) is 0 Å². The minimum atomic E-state index is -4.20. The second-order valence-corrected chi connectivity index (χ2v) is 4.32. The Hall–Kier alpha value is -1.14. The molecule has 1 aromatic rings. The molecule has 1 amide bonds. The van der Waals surface area contributed by atoms with E-state index in [1.54, 1.807) is 0 Å². The van der Waals surface area contributed by atoms with Gasteiger partial charge < -0.3 is 0 Å². The van der Waals surface area contributed by atoms with Gasteiger partial charge in [0, 0.05) is 0 Å². The summed E-state index contributed by atoms with van der Waals surface area (Å²) in [6, 6.07) is 3.44. The molecule has 0 heterocycles. The Morgan fingerprint density at radius 1 is 1.43 bits per heavy atom. The lowest BCUT2D eigenvalue weighted by Gasteiger charge is -2.03. The minimum Gasteiger partial charge on any atom is -0.262 e. The third kappa shape index (κ3) is 2.02. The molecule has 0 aliphatic heterocycles. The first kappa shape index (κ1) is 10.9. The zero-order chi connectivity index (χ0) is 10.8. The van der Waals surface area contributed by atoms with Gasteiger partial charge in [-0.2, -0.15) is 0 Å². The first-order valence-electron chi connectivity index (χ1n) is 3.32. The first-order valence-corrected chi connectivity index (χ1v) is 5.18. The molecule has 0 aromatic heterocycles. The van der Waals surface area contributed by atoms with Gasteiger partial charge in [0.25, 0.3) is 10.0 Å². The van der Waals surface area contributed by atoms with Crippen LogP contribution in [0.4, 0.5) is 4.39 Å². The van der Waals surface area contributed by atoms with Crippen molar-refractivity contribution in [2.75, 3.05) is 0 Å². The topological polar surface area (TPSA) is 63.2 Å². The summed E-state index contributed by atoms with van der Waals surface area (Å²) in [5.74, 6) is -1.10. The van der Waals surface area contributed by atoms with Gasteiger partial charge in [0.15, 0.2) is 5.82 Å². The van der Waals surface area contributed by atoms with Crippen LogP contribution in [0.2, 0.25) is 5.02 Å². The number of carbonyl (C=O) groups excluding carboxylic acids is 1. The summed E-state index contributed by atoms with van der Waals surface area (Å²) in [7, 11) is -4.20. The van der Waals surface area contributed by atoms with Gasteiger partial charge in [0.05, 0.1) is 5.02 Å². The molecular formula is C7H4ClFNO3S. The van der Waals surface area contributed by atoms with Crippen LogP contribution in [0.25, 0.3) is 0 Å². The fourth-order valence-electron chi connectivity index (χ4n) is 0.801.